The number of rotatable bonds is 8. The van der Waals surface area contributed by atoms with E-state index in [4.69, 9.17) is 20.3 Å². The summed E-state index contributed by atoms with van der Waals surface area (Å²) in [6, 6.07) is -0.828. The van der Waals surface area contributed by atoms with Crippen molar-refractivity contribution in [3.63, 3.8) is 0 Å². The molecule has 1 aliphatic carbocycles. The first-order valence-corrected chi connectivity index (χ1v) is 8.64. The Balaban J connectivity index is 2.54. The first kappa shape index (κ1) is 20.4. The largest absolute Gasteiger partial charge is 0.481 e. The molecule has 2 atom stereocenters. The lowest BCUT2D eigenvalue weighted by Gasteiger charge is -2.30. The highest BCUT2D eigenvalue weighted by Gasteiger charge is 2.34. The fraction of sp³-hybridized carbons (Fsp3) is 0.824. The zero-order valence-electron chi connectivity index (χ0n) is 14.7. The Bertz CT molecular complexity index is 442. The van der Waals surface area contributed by atoms with Crippen molar-refractivity contribution in [2.75, 3.05) is 0 Å². The van der Waals surface area contributed by atoms with Crippen molar-refractivity contribution in [3.8, 4) is 0 Å². The molecule has 138 valence electrons. The Labute approximate surface area is 142 Å². The van der Waals surface area contributed by atoms with E-state index in [1.54, 1.807) is 13.8 Å². The van der Waals surface area contributed by atoms with Crippen LogP contribution >= 0.6 is 0 Å². The summed E-state index contributed by atoms with van der Waals surface area (Å²) in [4.78, 5) is 34.8. The highest BCUT2D eigenvalue weighted by molar-refractivity contribution is 5.76. The van der Waals surface area contributed by atoms with Gasteiger partial charge in [-0.3, -0.25) is 14.4 Å². The minimum absolute atomic E-state index is 0.104. The van der Waals surface area contributed by atoms with Crippen LogP contribution in [0.25, 0.3) is 0 Å². The molecule has 1 aliphatic rings. The lowest BCUT2D eigenvalue weighted by molar-refractivity contribution is -0.197. The third-order valence-electron chi connectivity index (χ3n) is 4.38. The van der Waals surface area contributed by atoms with Gasteiger partial charge in [-0.15, -0.1) is 0 Å². The van der Waals surface area contributed by atoms with Crippen molar-refractivity contribution >= 4 is 17.9 Å². The van der Waals surface area contributed by atoms with Gasteiger partial charge in [0.05, 0.1) is 5.92 Å². The van der Waals surface area contributed by atoms with E-state index in [0.717, 1.165) is 0 Å². The van der Waals surface area contributed by atoms with Gasteiger partial charge in [-0.2, -0.15) is 0 Å². The third-order valence-corrected chi connectivity index (χ3v) is 4.38. The highest BCUT2D eigenvalue weighted by Crippen LogP contribution is 2.31. The summed E-state index contributed by atoms with van der Waals surface area (Å²) < 4.78 is 10.5. The van der Waals surface area contributed by atoms with Crippen LogP contribution in [0.15, 0.2) is 0 Å². The van der Waals surface area contributed by atoms with Crippen molar-refractivity contribution in [2.45, 2.75) is 71.6 Å². The maximum absolute atomic E-state index is 12.3. The number of ether oxygens (including phenoxy) is 2. The molecular formula is C17H29NO6. The minimum atomic E-state index is -0.946. The van der Waals surface area contributed by atoms with Gasteiger partial charge in [0, 0.05) is 12.3 Å². The second-order valence-electron chi connectivity index (χ2n) is 6.76. The van der Waals surface area contributed by atoms with Crippen LogP contribution in [0.5, 0.6) is 0 Å². The Kier molecular flexibility index (Phi) is 8.18. The zero-order chi connectivity index (χ0) is 18.3. The highest BCUT2D eigenvalue weighted by atomic mass is 16.7. The number of carboxylic acid groups (broad SMARTS) is 1. The molecule has 24 heavy (non-hydrogen) atoms. The summed E-state index contributed by atoms with van der Waals surface area (Å²) in [6.45, 7) is 5.45. The summed E-state index contributed by atoms with van der Waals surface area (Å²) in [5.41, 5.74) is 5.99. The molecular weight excluding hydrogens is 314 g/mol. The Morgan fingerprint density at radius 2 is 1.71 bits per heavy atom. The van der Waals surface area contributed by atoms with Crippen LogP contribution in [0.2, 0.25) is 0 Å². The van der Waals surface area contributed by atoms with Crippen LogP contribution in [-0.2, 0) is 23.9 Å². The van der Waals surface area contributed by atoms with Crippen molar-refractivity contribution in [3.05, 3.63) is 0 Å². The maximum atomic E-state index is 12.3. The van der Waals surface area contributed by atoms with Crippen LogP contribution in [0, 0.1) is 17.8 Å². The quantitative estimate of drug-likeness (QED) is 0.512. The number of carboxylic acids is 1. The number of hydrogen-bond donors (Lipinski definition) is 2. The van der Waals surface area contributed by atoms with Gasteiger partial charge in [0.1, 0.15) is 6.04 Å². The van der Waals surface area contributed by atoms with Crippen LogP contribution in [0.4, 0.5) is 0 Å². The lowest BCUT2D eigenvalue weighted by atomic mass is 9.79. The fourth-order valence-electron chi connectivity index (χ4n) is 2.80. The smallest absolute Gasteiger partial charge is 0.326 e. The molecule has 2 unspecified atom stereocenters. The van der Waals surface area contributed by atoms with Gasteiger partial charge >= 0.3 is 17.9 Å². The Hall–Kier alpha value is -1.63. The average Bonchev–Trinajstić information content (AvgIpc) is 2.53. The fourth-order valence-corrected chi connectivity index (χ4v) is 2.80. The number of aliphatic carboxylic acids is 1. The van der Waals surface area contributed by atoms with Crippen molar-refractivity contribution in [1.29, 1.82) is 0 Å². The average molecular weight is 343 g/mol. The molecule has 0 heterocycles. The van der Waals surface area contributed by atoms with Gasteiger partial charge < -0.3 is 20.3 Å². The molecule has 0 bridgehead atoms. The van der Waals surface area contributed by atoms with E-state index in [1.165, 1.54) is 0 Å². The molecule has 3 N–H and O–H groups in total. The van der Waals surface area contributed by atoms with E-state index in [1.807, 2.05) is 6.92 Å². The topological polar surface area (TPSA) is 116 Å². The number of hydrogen-bond acceptors (Lipinski definition) is 6. The monoisotopic (exact) mass is 343 g/mol. The molecule has 1 fully saturated rings. The lowest BCUT2D eigenvalue weighted by Crippen LogP contribution is -2.44. The molecule has 0 aliphatic heterocycles. The van der Waals surface area contributed by atoms with Gasteiger partial charge in [-0.1, -0.05) is 20.8 Å². The van der Waals surface area contributed by atoms with E-state index in [9.17, 15) is 14.4 Å². The second kappa shape index (κ2) is 9.61. The van der Waals surface area contributed by atoms with Crippen LogP contribution in [0.3, 0.4) is 0 Å². The summed E-state index contributed by atoms with van der Waals surface area (Å²) in [5, 5.41) is 9.01. The molecule has 0 spiro atoms. The number of nitrogens with two attached hydrogens (primary N) is 1. The van der Waals surface area contributed by atoms with E-state index in [2.05, 4.69) is 0 Å². The van der Waals surface area contributed by atoms with E-state index in [-0.39, 0.29) is 24.2 Å². The molecule has 1 saturated carbocycles. The number of carbonyl (C=O) groups excluding carboxylic acids is 2. The first-order valence-electron chi connectivity index (χ1n) is 8.64. The minimum Gasteiger partial charge on any atom is -0.481 e. The molecule has 0 radical (unpaired) electrons. The SMILES string of the molecule is CCCC(=O)OC(OC(=O)C(N)[C@H]1CC[C@H](C(=O)O)CC1)C(C)C. The van der Waals surface area contributed by atoms with Gasteiger partial charge in [0.15, 0.2) is 0 Å². The van der Waals surface area contributed by atoms with Crippen LogP contribution < -0.4 is 5.73 Å². The summed E-state index contributed by atoms with van der Waals surface area (Å²) in [7, 11) is 0. The normalized spacial score (nSPS) is 23.4. The summed E-state index contributed by atoms with van der Waals surface area (Å²) in [5.74, 6) is -2.44. The molecule has 0 saturated heterocycles. The van der Waals surface area contributed by atoms with Crippen LogP contribution in [-0.4, -0.2) is 35.3 Å². The van der Waals surface area contributed by atoms with Crippen LogP contribution in [0.1, 0.15) is 59.3 Å². The van der Waals surface area contributed by atoms with E-state index in [0.29, 0.717) is 32.1 Å². The number of carbonyl (C=O) groups is 3. The van der Waals surface area contributed by atoms with Gasteiger partial charge in [-0.05, 0) is 38.0 Å². The Morgan fingerprint density at radius 1 is 1.12 bits per heavy atom. The van der Waals surface area contributed by atoms with Gasteiger partial charge in [0.2, 0.25) is 6.29 Å². The van der Waals surface area contributed by atoms with Gasteiger partial charge in [-0.25, -0.2) is 0 Å². The standard InChI is InChI=1S/C17H29NO6/c1-4-5-13(19)23-17(10(2)3)24-16(22)14(18)11-6-8-12(9-7-11)15(20)21/h10-12,14,17H,4-9,18H2,1-3H3,(H,20,21)/t11-,12-,14?,17?. The van der Waals surface area contributed by atoms with E-state index < -0.39 is 30.2 Å². The molecule has 0 aromatic carbocycles. The maximum Gasteiger partial charge on any atom is 0.326 e. The predicted octanol–water partition coefficient (Wildman–Crippen LogP) is 2.07. The zero-order valence-corrected chi connectivity index (χ0v) is 14.7. The second-order valence-corrected chi connectivity index (χ2v) is 6.76. The van der Waals surface area contributed by atoms with Crippen molar-refractivity contribution in [2.24, 2.45) is 23.5 Å². The molecule has 7 heteroatoms. The molecule has 7 nitrogen and oxygen atoms in total. The number of esters is 2. The van der Waals surface area contributed by atoms with Crippen molar-refractivity contribution in [1.82, 2.24) is 0 Å². The molecule has 0 aromatic rings. The summed E-state index contributed by atoms with van der Waals surface area (Å²) >= 11 is 0. The van der Waals surface area contributed by atoms with E-state index >= 15 is 0 Å². The molecule has 0 aromatic heterocycles. The summed E-state index contributed by atoms with van der Waals surface area (Å²) in [6.07, 6.45) is 2.17. The Morgan fingerprint density at radius 3 is 2.17 bits per heavy atom. The molecule has 0 amide bonds. The van der Waals surface area contributed by atoms with Gasteiger partial charge in [0.25, 0.3) is 0 Å². The predicted molar refractivity (Wildman–Crippen MR) is 86.8 cm³/mol. The molecule has 1 rings (SSSR count). The van der Waals surface area contributed by atoms with Crippen molar-refractivity contribution < 1.29 is 29.0 Å². The third kappa shape index (κ3) is 6.11. The first-order chi connectivity index (χ1) is 11.3.